The van der Waals surface area contributed by atoms with Crippen LogP contribution in [0.1, 0.15) is 130 Å². The van der Waals surface area contributed by atoms with Gasteiger partial charge in [-0.3, -0.25) is 0 Å². The van der Waals surface area contributed by atoms with Gasteiger partial charge in [-0.05, 0) is 13.3 Å². The van der Waals surface area contributed by atoms with Crippen molar-refractivity contribution in [3.8, 4) is 0 Å². The first kappa shape index (κ1) is 29.4. The molecule has 0 heterocycles. The second-order valence-electron chi connectivity index (χ2n) is 8.47. The minimum Gasteiger partial charge on any atom is -0.462 e. The number of carbonyl (C=O) groups excluding carboxylic acids is 2. The third-order valence-corrected chi connectivity index (χ3v) is 5.67. The van der Waals surface area contributed by atoms with Crippen LogP contribution in [0.4, 0.5) is 0 Å². The van der Waals surface area contributed by atoms with Gasteiger partial charge in [0.1, 0.15) is 5.76 Å². The predicted octanol–water partition coefficient (Wildman–Crippen LogP) is 8.20. The number of esters is 2. The maximum absolute atomic E-state index is 12.1. The van der Waals surface area contributed by atoms with Crippen molar-refractivity contribution in [2.45, 2.75) is 130 Å². The number of allylic oxidation sites excluding steroid dienone is 1. The maximum atomic E-state index is 12.1. The van der Waals surface area contributed by atoms with Crippen molar-refractivity contribution in [1.82, 2.24) is 0 Å². The van der Waals surface area contributed by atoms with Gasteiger partial charge in [0, 0.05) is 12.5 Å². The summed E-state index contributed by atoms with van der Waals surface area (Å²) < 4.78 is 10.4. The second-order valence-corrected chi connectivity index (χ2v) is 8.47. The Bertz CT molecular complexity index is 507. The fourth-order valence-corrected chi connectivity index (χ4v) is 3.61. The Labute approximate surface area is 191 Å². The van der Waals surface area contributed by atoms with E-state index in [1.165, 1.54) is 89.9 Å². The first-order valence-corrected chi connectivity index (χ1v) is 12.8. The Balaban J connectivity index is 3.54. The lowest BCUT2D eigenvalue weighted by molar-refractivity contribution is -0.139. The second kappa shape index (κ2) is 21.6. The van der Waals surface area contributed by atoms with Gasteiger partial charge in [0.15, 0.2) is 0 Å². The Morgan fingerprint density at radius 2 is 1.13 bits per heavy atom. The normalized spacial score (nSPS) is 11.7. The zero-order valence-electron chi connectivity index (χ0n) is 20.6. The molecular formula is C27H48O4. The molecule has 0 spiro atoms. The van der Waals surface area contributed by atoms with E-state index in [1.54, 1.807) is 6.92 Å². The summed E-state index contributed by atoms with van der Waals surface area (Å²) in [5.41, 5.74) is 0.356. The molecule has 0 aliphatic carbocycles. The molecule has 180 valence electrons. The van der Waals surface area contributed by atoms with Crippen LogP contribution >= 0.6 is 0 Å². The topological polar surface area (TPSA) is 52.6 Å². The van der Waals surface area contributed by atoms with E-state index < -0.39 is 11.9 Å². The lowest BCUT2D eigenvalue weighted by Gasteiger charge is -2.10. The summed E-state index contributed by atoms with van der Waals surface area (Å²) in [5.74, 6) is -0.613. The maximum Gasteiger partial charge on any atom is 0.337 e. The van der Waals surface area contributed by atoms with Crippen molar-refractivity contribution in [2.24, 2.45) is 0 Å². The molecule has 0 unspecified atom stereocenters. The number of rotatable bonds is 21. The van der Waals surface area contributed by atoms with Crippen molar-refractivity contribution in [1.29, 1.82) is 0 Å². The summed E-state index contributed by atoms with van der Waals surface area (Å²) in [6, 6.07) is 0. The van der Waals surface area contributed by atoms with Gasteiger partial charge in [-0.25, -0.2) is 9.59 Å². The van der Waals surface area contributed by atoms with Gasteiger partial charge in [-0.15, -0.1) is 0 Å². The largest absolute Gasteiger partial charge is 0.462 e. The van der Waals surface area contributed by atoms with Crippen LogP contribution in [-0.4, -0.2) is 18.5 Å². The third-order valence-electron chi connectivity index (χ3n) is 5.67. The zero-order valence-corrected chi connectivity index (χ0v) is 20.6. The average molecular weight is 437 g/mol. The molecule has 0 radical (unpaired) electrons. The Morgan fingerprint density at radius 3 is 1.52 bits per heavy atom. The van der Waals surface area contributed by atoms with E-state index in [9.17, 15) is 9.59 Å². The lowest BCUT2D eigenvalue weighted by atomic mass is 10.0. The molecule has 0 amide bonds. The summed E-state index contributed by atoms with van der Waals surface area (Å²) in [7, 11) is 0. The molecular weight excluding hydrogens is 388 g/mol. The summed E-state index contributed by atoms with van der Waals surface area (Å²) in [6.45, 7) is 9.52. The minimum absolute atomic E-state index is 0.349. The van der Waals surface area contributed by atoms with E-state index in [-0.39, 0.29) is 0 Å². The average Bonchev–Trinajstić information content (AvgIpc) is 2.78. The van der Waals surface area contributed by atoms with E-state index in [4.69, 9.17) is 9.47 Å². The van der Waals surface area contributed by atoms with Crippen LogP contribution in [0.25, 0.3) is 0 Å². The Hall–Kier alpha value is -1.58. The first-order chi connectivity index (χ1) is 15.1. The van der Waals surface area contributed by atoms with Crippen LogP contribution in [0.3, 0.4) is 0 Å². The number of unbranched alkanes of at least 4 members (excludes halogenated alkanes) is 15. The Morgan fingerprint density at radius 1 is 0.710 bits per heavy atom. The molecule has 0 saturated carbocycles. The zero-order chi connectivity index (χ0) is 23.2. The molecule has 0 atom stereocenters. The highest BCUT2D eigenvalue weighted by Gasteiger charge is 2.14. The standard InChI is InChI=1S/C27H48O4/c1-5-8-9-10-11-12-13-14-15-16-17-18-19-20-21-22-23-30-27(29)24(4)25(6-2)31-26(28)7-3/h7H,3,5-6,8-23H2,1-2,4H3/b25-24-. The van der Waals surface area contributed by atoms with Gasteiger partial charge in [0.05, 0.1) is 12.2 Å². The molecule has 0 aliphatic rings. The smallest absolute Gasteiger partial charge is 0.337 e. The van der Waals surface area contributed by atoms with E-state index in [1.807, 2.05) is 6.92 Å². The van der Waals surface area contributed by atoms with Crippen molar-refractivity contribution in [2.75, 3.05) is 6.61 Å². The number of hydrogen-bond donors (Lipinski definition) is 0. The molecule has 0 rings (SSSR count). The van der Waals surface area contributed by atoms with Crippen LogP contribution in [0.5, 0.6) is 0 Å². The van der Waals surface area contributed by atoms with Crippen LogP contribution in [0, 0.1) is 0 Å². The molecule has 4 heteroatoms. The Kier molecular flexibility index (Phi) is 20.5. The van der Waals surface area contributed by atoms with Gasteiger partial charge in [-0.2, -0.15) is 0 Å². The van der Waals surface area contributed by atoms with Gasteiger partial charge < -0.3 is 9.47 Å². The molecule has 0 saturated heterocycles. The number of carbonyl (C=O) groups is 2. The van der Waals surface area contributed by atoms with Crippen LogP contribution in [-0.2, 0) is 19.1 Å². The molecule has 0 aromatic rings. The summed E-state index contributed by atoms with van der Waals surface area (Å²) in [4.78, 5) is 23.4. The summed E-state index contributed by atoms with van der Waals surface area (Å²) in [5, 5.41) is 0. The van der Waals surface area contributed by atoms with Crippen LogP contribution in [0.2, 0.25) is 0 Å². The van der Waals surface area contributed by atoms with Crippen molar-refractivity contribution in [3.63, 3.8) is 0 Å². The molecule has 0 aromatic heterocycles. The SMILES string of the molecule is C=CC(=O)O/C(CC)=C(/C)C(=O)OCCCCCCCCCCCCCCCCCC. The van der Waals surface area contributed by atoms with Gasteiger partial charge in [-0.1, -0.05) is 117 Å². The molecule has 0 N–H and O–H groups in total. The number of ether oxygens (including phenoxy) is 2. The van der Waals surface area contributed by atoms with Crippen LogP contribution in [0.15, 0.2) is 24.0 Å². The lowest BCUT2D eigenvalue weighted by Crippen LogP contribution is -2.12. The van der Waals surface area contributed by atoms with Crippen molar-refractivity contribution < 1.29 is 19.1 Å². The molecule has 4 nitrogen and oxygen atoms in total. The molecule has 0 bridgehead atoms. The molecule has 0 aromatic carbocycles. The highest BCUT2D eigenvalue weighted by Crippen LogP contribution is 2.15. The van der Waals surface area contributed by atoms with Gasteiger partial charge >= 0.3 is 11.9 Å². The van der Waals surface area contributed by atoms with E-state index >= 15 is 0 Å². The molecule has 0 fully saturated rings. The van der Waals surface area contributed by atoms with E-state index in [0.29, 0.717) is 24.4 Å². The van der Waals surface area contributed by atoms with E-state index in [2.05, 4.69) is 13.5 Å². The number of hydrogen-bond acceptors (Lipinski definition) is 4. The fourth-order valence-electron chi connectivity index (χ4n) is 3.61. The van der Waals surface area contributed by atoms with Gasteiger partial charge in [0.2, 0.25) is 0 Å². The van der Waals surface area contributed by atoms with Crippen molar-refractivity contribution >= 4 is 11.9 Å². The summed E-state index contributed by atoms with van der Waals surface area (Å²) >= 11 is 0. The fraction of sp³-hybridized carbons (Fsp3) is 0.778. The highest BCUT2D eigenvalue weighted by molar-refractivity contribution is 5.89. The molecule has 0 aliphatic heterocycles. The van der Waals surface area contributed by atoms with Crippen LogP contribution < -0.4 is 0 Å². The molecule has 31 heavy (non-hydrogen) atoms. The minimum atomic E-state index is -0.554. The monoisotopic (exact) mass is 436 g/mol. The third kappa shape index (κ3) is 17.8. The highest BCUT2D eigenvalue weighted by atomic mass is 16.5. The quantitative estimate of drug-likeness (QED) is 0.0787. The van der Waals surface area contributed by atoms with E-state index in [0.717, 1.165) is 18.9 Å². The van der Waals surface area contributed by atoms with Crippen molar-refractivity contribution in [3.05, 3.63) is 24.0 Å². The van der Waals surface area contributed by atoms with Gasteiger partial charge in [0.25, 0.3) is 0 Å². The summed E-state index contributed by atoms with van der Waals surface area (Å²) in [6.07, 6.45) is 22.6. The first-order valence-electron chi connectivity index (χ1n) is 12.8. The predicted molar refractivity (Wildman–Crippen MR) is 130 cm³/mol.